The second kappa shape index (κ2) is 10.1. The molecule has 0 amide bonds. The van der Waals surface area contributed by atoms with Gasteiger partial charge in [-0.1, -0.05) is 77.9 Å². The zero-order chi connectivity index (χ0) is 23.5. The van der Waals surface area contributed by atoms with E-state index in [-0.39, 0.29) is 0 Å². The fraction of sp³-hybridized carbons (Fsp3) is 0.419. The van der Waals surface area contributed by atoms with Crippen molar-refractivity contribution in [3.63, 3.8) is 0 Å². The number of rotatable bonds is 6. The maximum atomic E-state index is 3.58. The summed E-state index contributed by atoms with van der Waals surface area (Å²) in [6.07, 6.45) is 6.78. The highest BCUT2D eigenvalue weighted by molar-refractivity contribution is 5.86. The van der Waals surface area contributed by atoms with Crippen LogP contribution in [0.4, 0.5) is 5.69 Å². The van der Waals surface area contributed by atoms with Crippen LogP contribution in [0.1, 0.15) is 59.9 Å². The Bertz CT molecular complexity index is 1080. The minimum Gasteiger partial charge on any atom is -0.387 e. The van der Waals surface area contributed by atoms with E-state index in [1.54, 1.807) is 0 Å². The first-order valence-corrected chi connectivity index (χ1v) is 12.6. The molecule has 0 heterocycles. The predicted molar refractivity (Wildman–Crippen MR) is 144 cm³/mol. The van der Waals surface area contributed by atoms with E-state index in [1.807, 2.05) is 0 Å². The molecule has 0 unspecified atom stereocenters. The van der Waals surface area contributed by atoms with Gasteiger partial charge in [0, 0.05) is 30.9 Å². The van der Waals surface area contributed by atoms with Gasteiger partial charge in [0.05, 0.1) is 0 Å². The number of benzene rings is 3. The van der Waals surface area contributed by atoms with Crippen molar-refractivity contribution in [2.45, 2.75) is 72.4 Å². The van der Waals surface area contributed by atoms with Gasteiger partial charge < -0.3 is 5.32 Å². The van der Waals surface area contributed by atoms with Crippen LogP contribution < -0.4 is 5.32 Å². The minimum atomic E-state index is 0.693. The first kappa shape index (κ1) is 23.6. The van der Waals surface area contributed by atoms with E-state index in [0.717, 1.165) is 6.54 Å². The van der Waals surface area contributed by atoms with Crippen LogP contribution in [0.25, 0.3) is 22.3 Å². The molecule has 3 aromatic carbocycles. The molecule has 33 heavy (non-hydrogen) atoms. The van der Waals surface area contributed by atoms with Gasteiger partial charge in [0.1, 0.15) is 0 Å². The summed E-state index contributed by atoms with van der Waals surface area (Å²) in [5.41, 5.74) is 13.1. The number of hydrogen-bond donors (Lipinski definition) is 1. The van der Waals surface area contributed by atoms with Crippen LogP contribution in [0.3, 0.4) is 0 Å². The van der Waals surface area contributed by atoms with Gasteiger partial charge in [-0.3, -0.25) is 4.90 Å². The van der Waals surface area contributed by atoms with Crippen molar-refractivity contribution >= 4 is 5.69 Å². The van der Waals surface area contributed by atoms with E-state index in [0.29, 0.717) is 6.04 Å². The Balaban J connectivity index is 1.86. The van der Waals surface area contributed by atoms with Crippen molar-refractivity contribution < 1.29 is 0 Å². The molecule has 1 aliphatic carbocycles. The van der Waals surface area contributed by atoms with Crippen molar-refractivity contribution in [1.29, 1.82) is 0 Å². The Morgan fingerprint density at radius 1 is 0.697 bits per heavy atom. The zero-order valence-corrected chi connectivity index (χ0v) is 21.4. The second-order valence-electron chi connectivity index (χ2n) is 10.3. The smallest absolute Gasteiger partial charge is 0.0463 e. The summed E-state index contributed by atoms with van der Waals surface area (Å²) < 4.78 is 0. The summed E-state index contributed by atoms with van der Waals surface area (Å²) in [6, 6.07) is 19.3. The highest BCUT2D eigenvalue weighted by Gasteiger charge is 2.21. The summed E-state index contributed by atoms with van der Waals surface area (Å²) in [4.78, 5) is 2.59. The van der Waals surface area contributed by atoms with Crippen LogP contribution in [0.15, 0.2) is 48.5 Å². The summed E-state index contributed by atoms with van der Waals surface area (Å²) in [6.45, 7) is 9.75. The molecule has 174 valence electrons. The fourth-order valence-corrected chi connectivity index (χ4v) is 5.71. The Morgan fingerprint density at radius 3 is 1.76 bits per heavy atom. The van der Waals surface area contributed by atoms with E-state index < -0.39 is 0 Å². The number of hydrogen-bond acceptors (Lipinski definition) is 2. The van der Waals surface area contributed by atoms with Crippen molar-refractivity contribution in [2.75, 3.05) is 19.4 Å². The van der Waals surface area contributed by atoms with E-state index in [9.17, 15) is 0 Å². The molecule has 1 N–H and O–H groups in total. The lowest BCUT2D eigenvalue weighted by atomic mass is 9.90. The van der Waals surface area contributed by atoms with Gasteiger partial charge in [-0.05, 0) is 82.0 Å². The predicted octanol–water partition coefficient (Wildman–Crippen LogP) is 8.06. The van der Waals surface area contributed by atoms with Gasteiger partial charge in [0.2, 0.25) is 0 Å². The van der Waals surface area contributed by atoms with Crippen molar-refractivity contribution in [2.24, 2.45) is 0 Å². The van der Waals surface area contributed by atoms with Crippen molar-refractivity contribution in [3.8, 4) is 22.3 Å². The molecule has 0 spiro atoms. The molecule has 0 atom stereocenters. The molecule has 0 aliphatic heterocycles. The van der Waals surface area contributed by atoms with E-state index >= 15 is 0 Å². The number of anilines is 1. The first-order chi connectivity index (χ1) is 15.8. The zero-order valence-electron chi connectivity index (χ0n) is 21.4. The topological polar surface area (TPSA) is 15.3 Å². The number of nitrogens with one attached hydrogen (secondary N) is 1. The van der Waals surface area contributed by atoms with E-state index in [1.165, 1.54) is 87.9 Å². The van der Waals surface area contributed by atoms with Crippen LogP contribution in [0.5, 0.6) is 0 Å². The van der Waals surface area contributed by atoms with Crippen LogP contribution in [-0.4, -0.2) is 25.0 Å². The highest BCUT2D eigenvalue weighted by Crippen LogP contribution is 2.38. The monoisotopic (exact) mass is 440 g/mol. The van der Waals surface area contributed by atoms with Gasteiger partial charge in [-0.2, -0.15) is 0 Å². The van der Waals surface area contributed by atoms with E-state index in [4.69, 9.17) is 0 Å². The number of nitrogens with zero attached hydrogens (tertiary/aromatic N) is 1. The average Bonchev–Trinajstić information content (AvgIpc) is 2.77. The maximum Gasteiger partial charge on any atom is 0.0463 e. The molecule has 2 nitrogen and oxygen atoms in total. The molecule has 1 fully saturated rings. The fourth-order valence-electron chi connectivity index (χ4n) is 5.71. The Morgan fingerprint density at radius 2 is 1.21 bits per heavy atom. The lowest BCUT2D eigenvalue weighted by Gasteiger charge is -2.32. The molecule has 1 saturated carbocycles. The van der Waals surface area contributed by atoms with Crippen LogP contribution in [-0.2, 0) is 6.54 Å². The minimum absolute atomic E-state index is 0.693. The summed E-state index contributed by atoms with van der Waals surface area (Å²) >= 11 is 0. The highest BCUT2D eigenvalue weighted by atomic mass is 15.1. The van der Waals surface area contributed by atoms with Crippen LogP contribution in [0.2, 0.25) is 0 Å². The molecule has 0 bridgehead atoms. The Kier molecular flexibility index (Phi) is 7.24. The van der Waals surface area contributed by atoms with Crippen molar-refractivity contribution in [3.05, 3.63) is 76.3 Å². The lowest BCUT2D eigenvalue weighted by molar-refractivity contribution is 0.185. The third-order valence-corrected chi connectivity index (χ3v) is 7.18. The molecule has 4 rings (SSSR count). The molecule has 0 radical (unpaired) electrons. The summed E-state index contributed by atoms with van der Waals surface area (Å²) in [5, 5.41) is 3.58. The molecular formula is C31H40N2. The molecule has 3 aromatic rings. The largest absolute Gasteiger partial charge is 0.387 e. The van der Waals surface area contributed by atoms with E-state index in [2.05, 4.69) is 101 Å². The summed E-state index contributed by atoms with van der Waals surface area (Å²) in [5.74, 6) is 0. The maximum absolute atomic E-state index is 3.58. The quantitative estimate of drug-likeness (QED) is 0.417. The van der Waals surface area contributed by atoms with Crippen LogP contribution >= 0.6 is 0 Å². The Labute approximate surface area is 201 Å². The third kappa shape index (κ3) is 5.50. The third-order valence-electron chi connectivity index (χ3n) is 7.18. The normalized spacial score (nSPS) is 14.6. The molecule has 0 saturated heterocycles. The van der Waals surface area contributed by atoms with Gasteiger partial charge in [0.15, 0.2) is 0 Å². The average molecular weight is 441 g/mol. The molecule has 2 heteroatoms. The Hall–Kier alpha value is -2.58. The van der Waals surface area contributed by atoms with Crippen LogP contribution in [0, 0.1) is 27.7 Å². The molecular weight excluding hydrogens is 400 g/mol. The number of aryl methyl sites for hydroxylation is 4. The lowest BCUT2D eigenvalue weighted by Crippen LogP contribution is -2.33. The second-order valence-corrected chi connectivity index (χ2v) is 10.3. The first-order valence-electron chi connectivity index (χ1n) is 12.6. The van der Waals surface area contributed by atoms with Gasteiger partial charge in [-0.25, -0.2) is 0 Å². The van der Waals surface area contributed by atoms with Gasteiger partial charge >= 0.3 is 0 Å². The van der Waals surface area contributed by atoms with Gasteiger partial charge in [0.25, 0.3) is 0 Å². The SMILES string of the molecule is CNc1c(CN(C)C2CCCCC2)cc(-c2cc(C)cc(C)c2)cc1-c1cc(C)cc(C)c1. The summed E-state index contributed by atoms with van der Waals surface area (Å²) in [7, 11) is 4.39. The molecule has 0 aromatic heterocycles. The standard InChI is InChI=1S/C31H40N2/c1-21-12-22(2)15-25(14-21)26-18-28(20-33(6)29-10-8-7-9-11-29)31(32-5)30(19-26)27-16-23(3)13-24(4)17-27/h12-19,29,32H,7-11,20H2,1-6H3. The molecule has 1 aliphatic rings. The van der Waals surface area contributed by atoms with Crippen molar-refractivity contribution in [1.82, 2.24) is 4.90 Å². The van der Waals surface area contributed by atoms with Gasteiger partial charge in [-0.15, -0.1) is 0 Å².